The molecule has 107 valence electrons. The minimum Gasteiger partial charge on any atom is -0.127 e. The molecule has 19 heavy (non-hydrogen) atoms. The maximum Gasteiger partial charge on any atom is 0.0223 e. The van der Waals surface area contributed by atoms with Crippen molar-refractivity contribution in [3.63, 3.8) is 0 Å². The first-order chi connectivity index (χ1) is 9.43. The molecule has 0 saturated carbocycles. The van der Waals surface area contributed by atoms with E-state index >= 15 is 0 Å². The summed E-state index contributed by atoms with van der Waals surface area (Å²) in [5.41, 5.74) is 1.36. The molecule has 0 heterocycles. The van der Waals surface area contributed by atoms with Gasteiger partial charge in [-0.05, 0) is 30.9 Å². The monoisotopic (exact) mass is 279 g/mol. The van der Waals surface area contributed by atoms with Gasteiger partial charge in [0.25, 0.3) is 0 Å². The molecular formula is C18H28Cl. The predicted octanol–water partition coefficient (Wildman–Crippen LogP) is 6.17. The summed E-state index contributed by atoms with van der Waals surface area (Å²) in [7, 11) is 0. The SMILES string of the molecule is ClCCCCCCCCCCCCc1[c]cccc1. The fourth-order valence-electron chi connectivity index (χ4n) is 2.41. The third-order valence-electron chi connectivity index (χ3n) is 3.60. The minimum absolute atomic E-state index is 0.832. The Morgan fingerprint density at radius 2 is 1.32 bits per heavy atom. The summed E-state index contributed by atoms with van der Waals surface area (Å²) in [5, 5.41) is 0. The van der Waals surface area contributed by atoms with Gasteiger partial charge in [0.1, 0.15) is 0 Å². The number of hydrogen-bond donors (Lipinski definition) is 0. The predicted molar refractivity (Wildman–Crippen MR) is 85.9 cm³/mol. The van der Waals surface area contributed by atoms with Gasteiger partial charge in [-0.3, -0.25) is 0 Å². The van der Waals surface area contributed by atoms with Crippen molar-refractivity contribution in [3.05, 3.63) is 35.9 Å². The van der Waals surface area contributed by atoms with Gasteiger partial charge in [0.05, 0.1) is 0 Å². The molecule has 1 rings (SSSR count). The van der Waals surface area contributed by atoms with Crippen LogP contribution in [0.3, 0.4) is 0 Å². The molecule has 0 aromatic heterocycles. The summed E-state index contributed by atoms with van der Waals surface area (Å²) in [5.74, 6) is 0.832. The van der Waals surface area contributed by atoms with Crippen LogP contribution in [0.4, 0.5) is 0 Å². The van der Waals surface area contributed by atoms with Gasteiger partial charge < -0.3 is 0 Å². The van der Waals surface area contributed by atoms with Crippen molar-refractivity contribution in [1.82, 2.24) is 0 Å². The lowest BCUT2D eigenvalue weighted by molar-refractivity contribution is 0.557. The smallest absolute Gasteiger partial charge is 0.0223 e. The standard InChI is InChI=1S/C18H28Cl/c19-17-13-8-6-4-2-1-3-5-7-10-14-18-15-11-9-12-16-18/h9,11-12,15H,1-8,10,13-14,17H2. The lowest BCUT2D eigenvalue weighted by Crippen LogP contribution is -1.86. The van der Waals surface area contributed by atoms with Gasteiger partial charge >= 0.3 is 0 Å². The molecular weight excluding hydrogens is 252 g/mol. The van der Waals surface area contributed by atoms with Gasteiger partial charge in [0.15, 0.2) is 0 Å². The Bertz CT molecular complexity index is 281. The van der Waals surface area contributed by atoms with Crippen LogP contribution < -0.4 is 0 Å². The summed E-state index contributed by atoms with van der Waals surface area (Å²) >= 11 is 5.65. The van der Waals surface area contributed by atoms with Crippen LogP contribution in [0.2, 0.25) is 0 Å². The summed E-state index contributed by atoms with van der Waals surface area (Å²) in [4.78, 5) is 0. The van der Waals surface area contributed by atoms with Crippen molar-refractivity contribution in [3.8, 4) is 0 Å². The van der Waals surface area contributed by atoms with Crippen LogP contribution in [-0.2, 0) is 6.42 Å². The fourth-order valence-corrected chi connectivity index (χ4v) is 2.60. The van der Waals surface area contributed by atoms with E-state index in [2.05, 4.69) is 18.2 Å². The lowest BCUT2D eigenvalue weighted by Gasteiger charge is -2.03. The van der Waals surface area contributed by atoms with Crippen LogP contribution in [-0.4, -0.2) is 5.88 Å². The van der Waals surface area contributed by atoms with Crippen LogP contribution >= 0.6 is 11.6 Å². The highest BCUT2D eigenvalue weighted by Crippen LogP contribution is 2.12. The third kappa shape index (κ3) is 10.0. The number of alkyl halides is 1. The molecule has 0 unspecified atom stereocenters. The molecule has 0 amide bonds. The van der Waals surface area contributed by atoms with Crippen molar-refractivity contribution in [2.45, 2.75) is 70.6 Å². The van der Waals surface area contributed by atoms with Gasteiger partial charge in [-0.2, -0.15) is 0 Å². The van der Waals surface area contributed by atoms with Crippen molar-refractivity contribution >= 4 is 11.6 Å². The number of aryl methyl sites for hydroxylation is 1. The molecule has 0 saturated heterocycles. The molecule has 0 nitrogen and oxygen atoms in total. The highest BCUT2D eigenvalue weighted by atomic mass is 35.5. The van der Waals surface area contributed by atoms with E-state index in [9.17, 15) is 0 Å². The quantitative estimate of drug-likeness (QED) is 0.317. The number of rotatable bonds is 12. The summed E-state index contributed by atoms with van der Waals surface area (Å²) < 4.78 is 0. The normalized spacial score (nSPS) is 10.8. The first-order valence-electron chi connectivity index (χ1n) is 7.95. The summed E-state index contributed by atoms with van der Waals surface area (Å²) in [6.07, 6.45) is 14.8. The molecule has 1 radical (unpaired) electrons. The maximum atomic E-state index is 5.65. The molecule has 0 N–H and O–H groups in total. The van der Waals surface area contributed by atoms with Crippen LogP contribution in [0.15, 0.2) is 24.3 Å². The zero-order valence-electron chi connectivity index (χ0n) is 12.2. The van der Waals surface area contributed by atoms with Crippen molar-refractivity contribution in [2.75, 3.05) is 5.88 Å². The number of benzene rings is 1. The van der Waals surface area contributed by atoms with Crippen LogP contribution in [0.25, 0.3) is 0 Å². The second kappa shape index (κ2) is 12.5. The third-order valence-corrected chi connectivity index (χ3v) is 3.87. The molecule has 1 aromatic carbocycles. The molecule has 0 fully saturated rings. The van der Waals surface area contributed by atoms with Crippen LogP contribution in [0.5, 0.6) is 0 Å². The zero-order valence-corrected chi connectivity index (χ0v) is 12.9. The van der Waals surface area contributed by atoms with Crippen molar-refractivity contribution in [1.29, 1.82) is 0 Å². The Morgan fingerprint density at radius 3 is 1.84 bits per heavy atom. The Balaban J connectivity index is 1.79. The van der Waals surface area contributed by atoms with E-state index < -0.39 is 0 Å². The van der Waals surface area contributed by atoms with Crippen molar-refractivity contribution in [2.24, 2.45) is 0 Å². The fraction of sp³-hybridized carbons (Fsp3) is 0.667. The Morgan fingerprint density at radius 1 is 0.737 bits per heavy atom. The molecule has 1 heteroatoms. The van der Waals surface area contributed by atoms with Crippen LogP contribution in [0.1, 0.15) is 69.8 Å². The van der Waals surface area contributed by atoms with E-state index in [1.54, 1.807) is 0 Å². The van der Waals surface area contributed by atoms with Gasteiger partial charge in [-0.1, -0.05) is 75.6 Å². The van der Waals surface area contributed by atoms with Crippen LogP contribution in [0, 0.1) is 6.07 Å². The zero-order chi connectivity index (χ0) is 13.6. The Kier molecular flexibility index (Phi) is 10.9. The Hall–Kier alpha value is -0.490. The van der Waals surface area contributed by atoms with Crippen molar-refractivity contribution < 1.29 is 0 Å². The second-order valence-corrected chi connectivity index (χ2v) is 5.74. The van der Waals surface area contributed by atoms with Gasteiger partial charge in [0, 0.05) is 5.88 Å². The topological polar surface area (TPSA) is 0 Å². The van der Waals surface area contributed by atoms with E-state index in [4.69, 9.17) is 11.6 Å². The number of unbranched alkanes of at least 4 members (excludes halogenated alkanes) is 9. The van der Waals surface area contributed by atoms with Gasteiger partial charge in [-0.15, -0.1) is 11.6 Å². The molecule has 0 aliphatic carbocycles. The van der Waals surface area contributed by atoms with E-state index in [1.807, 2.05) is 12.1 Å². The summed E-state index contributed by atoms with van der Waals surface area (Å²) in [6.45, 7) is 0. The second-order valence-electron chi connectivity index (χ2n) is 5.36. The van der Waals surface area contributed by atoms with E-state index in [0.29, 0.717) is 0 Å². The van der Waals surface area contributed by atoms with E-state index in [0.717, 1.165) is 5.88 Å². The highest BCUT2D eigenvalue weighted by molar-refractivity contribution is 6.17. The molecule has 0 aliphatic heterocycles. The Labute approximate surface area is 124 Å². The van der Waals surface area contributed by atoms with Gasteiger partial charge in [0.2, 0.25) is 0 Å². The lowest BCUT2D eigenvalue weighted by atomic mass is 10.0. The number of halogens is 1. The average Bonchev–Trinajstić information content (AvgIpc) is 2.46. The van der Waals surface area contributed by atoms with E-state index in [-0.39, 0.29) is 0 Å². The minimum atomic E-state index is 0.832. The molecule has 0 atom stereocenters. The first-order valence-corrected chi connectivity index (χ1v) is 8.48. The van der Waals surface area contributed by atoms with Gasteiger partial charge in [-0.25, -0.2) is 0 Å². The maximum absolute atomic E-state index is 5.65. The van der Waals surface area contributed by atoms with E-state index in [1.165, 1.54) is 76.2 Å². The number of hydrogen-bond acceptors (Lipinski definition) is 0. The first kappa shape index (κ1) is 16.6. The summed E-state index contributed by atoms with van der Waals surface area (Å²) in [6, 6.07) is 11.6. The average molecular weight is 280 g/mol. The molecule has 0 bridgehead atoms. The molecule has 0 spiro atoms. The largest absolute Gasteiger partial charge is 0.127 e. The molecule has 1 aromatic rings. The molecule has 0 aliphatic rings. The highest BCUT2D eigenvalue weighted by Gasteiger charge is 1.94.